The fourth-order valence-corrected chi connectivity index (χ4v) is 4.34. The van der Waals surface area contributed by atoms with E-state index >= 15 is 0 Å². The van der Waals surface area contributed by atoms with E-state index in [4.69, 9.17) is 4.74 Å². The summed E-state index contributed by atoms with van der Waals surface area (Å²) in [6.45, 7) is 7.25. The number of rotatable bonds is 7. The van der Waals surface area contributed by atoms with Crippen molar-refractivity contribution in [1.29, 1.82) is 0 Å². The van der Waals surface area contributed by atoms with E-state index in [-0.39, 0.29) is 5.91 Å². The van der Waals surface area contributed by atoms with Gasteiger partial charge in [0.15, 0.2) is 0 Å². The minimum atomic E-state index is -0.283. The zero-order valence-corrected chi connectivity index (χ0v) is 19.2. The number of carbonyl (C=O) groups is 1. The van der Waals surface area contributed by atoms with Gasteiger partial charge in [-0.3, -0.25) is 14.6 Å². The second kappa shape index (κ2) is 9.33. The van der Waals surface area contributed by atoms with E-state index in [0.717, 1.165) is 55.6 Å². The molecular weight excluding hydrogens is 416 g/mol. The average molecular weight is 447 g/mol. The van der Waals surface area contributed by atoms with Gasteiger partial charge in [0, 0.05) is 56.2 Å². The van der Waals surface area contributed by atoms with E-state index < -0.39 is 0 Å². The van der Waals surface area contributed by atoms with E-state index in [1.165, 1.54) is 12.8 Å². The predicted octanol–water partition coefficient (Wildman–Crippen LogP) is 3.32. The molecule has 8 heteroatoms. The van der Waals surface area contributed by atoms with Crippen molar-refractivity contribution in [3.05, 3.63) is 59.5 Å². The summed E-state index contributed by atoms with van der Waals surface area (Å²) >= 11 is 0. The molecule has 1 amide bonds. The summed E-state index contributed by atoms with van der Waals surface area (Å²) in [5.41, 5.74) is 3.07. The van der Waals surface area contributed by atoms with Crippen molar-refractivity contribution in [1.82, 2.24) is 24.8 Å². The lowest BCUT2D eigenvalue weighted by Crippen LogP contribution is -2.46. The van der Waals surface area contributed by atoms with E-state index in [2.05, 4.69) is 30.1 Å². The maximum atomic E-state index is 12.8. The Bertz CT molecular complexity index is 1110. The zero-order chi connectivity index (χ0) is 22.8. The lowest BCUT2D eigenvalue weighted by molar-refractivity contribution is 0.102. The Labute approximate surface area is 194 Å². The normalized spacial score (nSPS) is 17.2. The third-order valence-electron chi connectivity index (χ3n) is 6.39. The van der Waals surface area contributed by atoms with Crippen molar-refractivity contribution < 1.29 is 9.53 Å². The minimum absolute atomic E-state index is 0.283. The van der Waals surface area contributed by atoms with Gasteiger partial charge in [0.05, 0.1) is 7.11 Å². The molecule has 0 unspecified atom stereocenters. The lowest BCUT2D eigenvalue weighted by atomic mass is 10.2. The van der Waals surface area contributed by atoms with Crippen molar-refractivity contribution in [3.63, 3.8) is 0 Å². The Kier molecular flexibility index (Phi) is 6.11. The van der Waals surface area contributed by atoms with Crippen molar-refractivity contribution >= 4 is 11.7 Å². The number of H-pyrrole nitrogens is 1. The van der Waals surface area contributed by atoms with Gasteiger partial charge in [-0.25, -0.2) is 9.97 Å². The van der Waals surface area contributed by atoms with E-state index in [9.17, 15) is 4.79 Å². The van der Waals surface area contributed by atoms with Gasteiger partial charge in [-0.2, -0.15) is 0 Å². The van der Waals surface area contributed by atoms with Crippen LogP contribution in [0, 0.1) is 6.92 Å². The van der Waals surface area contributed by atoms with Crippen LogP contribution in [0.3, 0.4) is 0 Å². The molecule has 8 nitrogen and oxygen atoms in total. The van der Waals surface area contributed by atoms with Crippen LogP contribution >= 0.6 is 0 Å². The molecule has 5 rings (SSSR count). The summed E-state index contributed by atoms with van der Waals surface area (Å²) in [6.07, 6.45) is 4.59. The van der Waals surface area contributed by atoms with Gasteiger partial charge in [0.1, 0.15) is 23.1 Å². The van der Waals surface area contributed by atoms with E-state index in [1.807, 2.05) is 49.5 Å². The number of piperazine rings is 1. The number of aromatic nitrogens is 3. The molecule has 1 saturated carbocycles. The SMILES string of the molecule is COc1cccc(-c2nc(C(=O)Nc3ccc(CN4CCN(C5CC5)CC4)cn3)c(C)[nH]2)c1. The highest BCUT2D eigenvalue weighted by molar-refractivity contribution is 6.03. The zero-order valence-electron chi connectivity index (χ0n) is 19.2. The third kappa shape index (κ3) is 5.07. The Hall–Kier alpha value is -3.23. The molecule has 33 heavy (non-hydrogen) atoms. The maximum Gasteiger partial charge on any atom is 0.277 e. The number of ether oxygens (including phenoxy) is 1. The van der Waals surface area contributed by atoms with Crippen LogP contribution < -0.4 is 10.1 Å². The molecule has 3 aromatic rings. The first-order valence-electron chi connectivity index (χ1n) is 11.5. The fourth-order valence-electron chi connectivity index (χ4n) is 4.34. The first kappa shape index (κ1) is 21.6. The Morgan fingerprint density at radius 3 is 2.70 bits per heavy atom. The molecule has 1 aliphatic heterocycles. The van der Waals surface area contributed by atoms with Gasteiger partial charge >= 0.3 is 0 Å². The number of aromatic amines is 1. The summed E-state index contributed by atoms with van der Waals surface area (Å²) in [5.74, 6) is 1.60. The molecule has 1 saturated heterocycles. The molecule has 3 heterocycles. The number of methoxy groups -OCH3 is 1. The lowest BCUT2D eigenvalue weighted by Gasteiger charge is -2.34. The molecule has 0 spiro atoms. The number of pyridine rings is 1. The van der Waals surface area contributed by atoms with Crippen molar-refractivity contribution in [2.45, 2.75) is 32.4 Å². The number of imidazole rings is 1. The summed E-state index contributed by atoms with van der Waals surface area (Å²) in [5, 5.41) is 2.86. The quantitative estimate of drug-likeness (QED) is 0.579. The summed E-state index contributed by atoms with van der Waals surface area (Å²) in [7, 11) is 1.62. The number of benzene rings is 1. The van der Waals surface area contributed by atoms with Crippen LogP contribution in [0.2, 0.25) is 0 Å². The number of nitrogens with zero attached hydrogens (tertiary/aromatic N) is 4. The van der Waals surface area contributed by atoms with Crippen LogP contribution in [0.1, 0.15) is 34.6 Å². The fraction of sp³-hybridized carbons (Fsp3) is 0.400. The van der Waals surface area contributed by atoms with Gasteiger partial charge in [0.25, 0.3) is 5.91 Å². The average Bonchev–Trinajstić information content (AvgIpc) is 3.62. The number of hydrogen-bond acceptors (Lipinski definition) is 6. The molecule has 2 aromatic heterocycles. The van der Waals surface area contributed by atoms with Crippen LogP contribution in [0.5, 0.6) is 5.75 Å². The molecular formula is C25H30N6O2. The van der Waals surface area contributed by atoms with Crippen molar-refractivity contribution in [2.75, 3.05) is 38.6 Å². The van der Waals surface area contributed by atoms with Crippen LogP contribution in [-0.2, 0) is 6.54 Å². The van der Waals surface area contributed by atoms with Crippen molar-refractivity contribution in [2.24, 2.45) is 0 Å². The number of aryl methyl sites for hydroxylation is 1. The molecule has 2 N–H and O–H groups in total. The largest absolute Gasteiger partial charge is 0.497 e. The monoisotopic (exact) mass is 446 g/mol. The topological polar surface area (TPSA) is 86.4 Å². The highest BCUT2D eigenvalue weighted by Crippen LogP contribution is 2.27. The predicted molar refractivity (Wildman–Crippen MR) is 127 cm³/mol. The number of amides is 1. The standard InChI is InChI=1S/C25H30N6O2/c1-17-23(29-24(27-17)19-4-3-5-21(14-19)33-2)25(32)28-22-9-6-18(15-26-22)16-30-10-12-31(13-11-30)20-7-8-20/h3-6,9,14-15,20H,7-8,10-13,16H2,1-2H3,(H,27,29)(H,26,28,32). The van der Waals surface area contributed by atoms with E-state index in [0.29, 0.717) is 23.0 Å². The molecule has 2 aliphatic rings. The molecule has 0 atom stereocenters. The third-order valence-corrected chi connectivity index (χ3v) is 6.39. The van der Waals surface area contributed by atoms with Gasteiger partial charge in [0.2, 0.25) is 0 Å². The highest BCUT2D eigenvalue weighted by atomic mass is 16.5. The summed E-state index contributed by atoms with van der Waals surface area (Å²) in [4.78, 5) is 30.1. The number of carbonyl (C=O) groups excluding carboxylic acids is 1. The molecule has 2 fully saturated rings. The second-order valence-electron chi connectivity index (χ2n) is 8.84. The molecule has 0 radical (unpaired) electrons. The molecule has 1 aliphatic carbocycles. The minimum Gasteiger partial charge on any atom is -0.497 e. The number of hydrogen-bond donors (Lipinski definition) is 2. The van der Waals surface area contributed by atoms with Gasteiger partial charge < -0.3 is 15.0 Å². The number of anilines is 1. The smallest absolute Gasteiger partial charge is 0.277 e. The molecule has 1 aromatic carbocycles. The van der Waals surface area contributed by atoms with Crippen LogP contribution in [0.15, 0.2) is 42.6 Å². The first-order valence-corrected chi connectivity index (χ1v) is 11.5. The molecule has 0 bridgehead atoms. The molecule has 172 valence electrons. The highest BCUT2D eigenvalue weighted by Gasteiger charge is 2.31. The Balaban J connectivity index is 1.19. The first-order chi connectivity index (χ1) is 16.1. The van der Waals surface area contributed by atoms with E-state index in [1.54, 1.807) is 7.11 Å². The Morgan fingerprint density at radius 1 is 1.18 bits per heavy atom. The Morgan fingerprint density at radius 2 is 2.00 bits per heavy atom. The van der Waals surface area contributed by atoms with Gasteiger partial charge in [-0.15, -0.1) is 0 Å². The van der Waals surface area contributed by atoms with Crippen LogP contribution in [0.25, 0.3) is 11.4 Å². The maximum absolute atomic E-state index is 12.8. The summed E-state index contributed by atoms with van der Waals surface area (Å²) < 4.78 is 5.28. The van der Waals surface area contributed by atoms with Crippen LogP contribution in [-0.4, -0.2) is 70.0 Å². The van der Waals surface area contributed by atoms with Gasteiger partial charge in [-0.05, 0) is 43.5 Å². The summed E-state index contributed by atoms with van der Waals surface area (Å²) in [6, 6.07) is 12.3. The number of nitrogens with one attached hydrogen (secondary N) is 2. The van der Waals surface area contributed by atoms with Crippen molar-refractivity contribution in [3.8, 4) is 17.1 Å². The van der Waals surface area contributed by atoms with Gasteiger partial charge in [-0.1, -0.05) is 18.2 Å². The second-order valence-corrected chi connectivity index (χ2v) is 8.84. The van der Waals surface area contributed by atoms with Crippen LogP contribution in [0.4, 0.5) is 5.82 Å².